The Morgan fingerprint density at radius 1 is 1.07 bits per heavy atom. The highest BCUT2D eigenvalue weighted by Crippen LogP contribution is 2.38. The molecule has 2 atom stereocenters. The predicted molar refractivity (Wildman–Crippen MR) is 154 cm³/mol. The van der Waals surface area contributed by atoms with Crippen molar-refractivity contribution in [2.75, 3.05) is 6.54 Å². The van der Waals surface area contributed by atoms with E-state index < -0.39 is 23.1 Å². The summed E-state index contributed by atoms with van der Waals surface area (Å²) in [6, 6.07) is 19.9. The van der Waals surface area contributed by atoms with Gasteiger partial charge >= 0.3 is 6.03 Å². The third-order valence-corrected chi connectivity index (χ3v) is 7.59. The van der Waals surface area contributed by atoms with Crippen LogP contribution in [0, 0.1) is 6.92 Å². The SMILES string of the molecule is Cc1cc(COc2ccc(C3(CNC(=O)c4ccncc4)CC(C4(C)NC(=O)NC4=O)=NO3)cc2)c2ccccc2n1. The molecule has 0 aliphatic carbocycles. The van der Waals surface area contributed by atoms with Gasteiger partial charge in [-0.15, -0.1) is 0 Å². The van der Waals surface area contributed by atoms with Crippen LogP contribution in [-0.2, 0) is 21.8 Å². The fourth-order valence-electron chi connectivity index (χ4n) is 5.20. The molecule has 0 saturated carbocycles. The molecule has 4 aromatic rings. The second-order valence-electron chi connectivity index (χ2n) is 10.5. The maximum atomic E-state index is 12.9. The number of rotatable bonds is 8. The average molecular weight is 565 g/mol. The number of ether oxygens (including phenoxy) is 1. The first-order valence-corrected chi connectivity index (χ1v) is 13.4. The van der Waals surface area contributed by atoms with Gasteiger partial charge in [-0.1, -0.05) is 35.5 Å². The van der Waals surface area contributed by atoms with Gasteiger partial charge in [-0.25, -0.2) is 4.79 Å². The van der Waals surface area contributed by atoms with Crippen molar-refractivity contribution in [3.63, 3.8) is 0 Å². The molecule has 2 aromatic heterocycles. The van der Waals surface area contributed by atoms with E-state index in [4.69, 9.17) is 9.57 Å². The van der Waals surface area contributed by atoms with Crippen LogP contribution in [0.25, 0.3) is 10.9 Å². The van der Waals surface area contributed by atoms with Gasteiger partial charge in [0.2, 0.25) is 0 Å². The van der Waals surface area contributed by atoms with Crippen molar-refractivity contribution in [1.82, 2.24) is 25.9 Å². The van der Waals surface area contributed by atoms with E-state index in [2.05, 4.69) is 31.1 Å². The summed E-state index contributed by atoms with van der Waals surface area (Å²) < 4.78 is 6.13. The number of carbonyl (C=O) groups excluding carboxylic acids is 3. The maximum Gasteiger partial charge on any atom is 0.322 e. The minimum absolute atomic E-state index is 0.0509. The van der Waals surface area contributed by atoms with Crippen LogP contribution in [-0.4, -0.2) is 45.6 Å². The lowest BCUT2D eigenvalue weighted by Crippen LogP contribution is -2.52. The summed E-state index contributed by atoms with van der Waals surface area (Å²) in [7, 11) is 0. The molecule has 11 heteroatoms. The number of imide groups is 1. The minimum atomic E-state index is -1.37. The molecule has 0 radical (unpaired) electrons. The molecule has 212 valence electrons. The first-order chi connectivity index (χ1) is 20.3. The number of benzene rings is 2. The number of amides is 4. The largest absolute Gasteiger partial charge is 0.489 e. The molecule has 0 bridgehead atoms. The second kappa shape index (κ2) is 10.6. The van der Waals surface area contributed by atoms with Crippen molar-refractivity contribution in [2.45, 2.75) is 38.0 Å². The molecule has 1 saturated heterocycles. The van der Waals surface area contributed by atoms with Crippen LogP contribution in [0.5, 0.6) is 5.75 Å². The number of urea groups is 1. The molecule has 6 rings (SSSR count). The molecule has 11 nitrogen and oxygen atoms in total. The van der Waals surface area contributed by atoms with Gasteiger partial charge in [0.1, 0.15) is 12.4 Å². The lowest BCUT2D eigenvalue weighted by molar-refractivity contribution is -0.121. The third-order valence-electron chi connectivity index (χ3n) is 7.59. The Labute approximate surface area is 241 Å². The van der Waals surface area contributed by atoms with E-state index in [9.17, 15) is 14.4 Å². The average Bonchev–Trinajstić information content (AvgIpc) is 3.56. The topological polar surface area (TPSA) is 144 Å². The van der Waals surface area contributed by atoms with Gasteiger partial charge in [0, 0.05) is 46.6 Å². The number of aryl methyl sites for hydroxylation is 1. The minimum Gasteiger partial charge on any atom is -0.489 e. The molecular formula is C31H28N6O5. The number of nitrogens with zero attached hydrogens (tertiary/aromatic N) is 3. The number of fused-ring (bicyclic) bond motifs is 1. The van der Waals surface area contributed by atoms with Crippen LogP contribution >= 0.6 is 0 Å². The Kier molecular flexibility index (Phi) is 6.77. The fraction of sp³-hybridized carbons (Fsp3) is 0.226. The van der Waals surface area contributed by atoms with Crippen molar-refractivity contribution < 1.29 is 24.0 Å². The summed E-state index contributed by atoms with van der Waals surface area (Å²) in [5.41, 5.74) is 1.83. The van der Waals surface area contributed by atoms with Crippen LogP contribution in [0.3, 0.4) is 0 Å². The summed E-state index contributed by atoms with van der Waals surface area (Å²) in [4.78, 5) is 51.9. The van der Waals surface area contributed by atoms with Crippen LogP contribution in [0.15, 0.2) is 84.3 Å². The highest BCUT2D eigenvalue weighted by molar-refractivity contribution is 6.22. The van der Waals surface area contributed by atoms with Crippen LogP contribution in [0.2, 0.25) is 0 Å². The maximum absolute atomic E-state index is 12.9. The van der Waals surface area contributed by atoms with Crippen LogP contribution in [0.1, 0.15) is 40.5 Å². The number of para-hydroxylation sites is 1. The molecule has 2 aliphatic rings. The van der Waals surface area contributed by atoms with E-state index in [1.807, 2.05) is 61.5 Å². The van der Waals surface area contributed by atoms with E-state index in [1.165, 1.54) is 12.4 Å². The molecule has 3 N–H and O–H groups in total. The summed E-state index contributed by atoms with van der Waals surface area (Å²) in [5.74, 6) is -0.192. The zero-order chi connectivity index (χ0) is 29.3. The molecule has 2 unspecified atom stereocenters. The summed E-state index contributed by atoms with van der Waals surface area (Å²) in [5, 5.41) is 13.1. The number of hydrogen-bond acceptors (Lipinski definition) is 8. The monoisotopic (exact) mass is 564 g/mol. The van der Waals surface area contributed by atoms with E-state index in [0.717, 1.165) is 22.2 Å². The Balaban J connectivity index is 1.23. The lowest BCUT2D eigenvalue weighted by Gasteiger charge is -2.29. The molecule has 0 spiro atoms. The van der Waals surface area contributed by atoms with Crippen molar-refractivity contribution in [2.24, 2.45) is 5.16 Å². The standard InChI is InChI=1S/C31H28N6O5/c1-19-15-21(24-5-3-4-6-25(24)34-19)17-41-23-9-7-22(8-10-23)31(18-33-27(38)20-11-13-32-14-12-20)16-26(37-42-31)30(2)28(39)35-29(40)36-30/h3-15H,16-18H2,1-2H3,(H,33,38)(H2,35,36,39,40). The highest BCUT2D eigenvalue weighted by Gasteiger charge is 2.53. The van der Waals surface area contributed by atoms with Crippen LogP contribution < -0.4 is 20.7 Å². The number of hydrogen-bond donors (Lipinski definition) is 3. The van der Waals surface area contributed by atoms with Gasteiger partial charge in [-0.05, 0) is 50.2 Å². The molecule has 2 aliphatic heterocycles. The molecule has 42 heavy (non-hydrogen) atoms. The molecule has 1 fully saturated rings. The summed E-state index contributed by atoms with van der Waals surface area (Å²) >= 11 is 0. The normalized spacial score (nSPS) is 21.3. The smallest absolute Gasteiger partial charge is 0.322 e. The van der Waals surface area contributed by atoms with Gasteiger partial charge in [0.15, 0.2) is 11.1 Å². The zero-order valence-electron chi connectivity index (χ0n) is 23.0. The number of aromatic nitrogens is 2. The zero-order valence-corrected chi connectivity index (χ0v) is 23.0. The Morgan fingerprint density at radius 3 is 2.57 bits per heavy atom. The summed E-state index contributed by atoms with van der Waals surface area (Å²) in [6.45, 7) is 3.93. The summed E-state index contributed by atoms with van der Waals surface area (Å²) in [6.07, 6.45) is 3.22. The quantitative estimate of drug-likeness (QED) is 0.278. The van der Waals surface area contributed by atoms with E-state index in [1.54, 1.807) is 19.1 Å². The first kappa shape index (κ1) is 26.9. The molecular weight excluding hydrogens is 536 g/mol. The van der Waals surface area contributed by atoms with Gasteiger partial charge in [0.05, 0.1) is 17.8 Å². The second-order valence-corrected chi connectivity index (χ2v) is 10.5. The van der Waals surface area contributed by atoms with Crippen molar-refractivity contribution in [3.8, 4) is 5.75 Å². The van der Waals surface area contributed by atoms with Crippen molar-refractivity contribution in [3.05, 3.63) is 102 Å². The number of oxime groups is 1. The van der Waals surface area contributed by atoms with Gasteiger partial charge in [-0.2, -0.15) is 0 Å². The fourth-order valence-corrected chi connectivity index (χ4v) is 5.20. The highest BCUT2D eigenvalue weighted by atomic mass is 16.7. The lowest BCUT2D eigenvalue weighted by atomic mass is 9.82. The molecule has 4 amide bonds. The van der Waals surface area contributed by atoms with Gasteiger partial charge in [0.25, 0.3) is 11.8 Å². The van der Waals surface area contributed by atoms with Crippen molar-refractivity contribution in [1.29, 1.82) is 0 Å². The Bertz CT molecular complexity index is 1730. The Hall–Kier alpha value is -5.32. The van der Waals surface area contributed by atoms with E-state index >= 15 is 0 Å². The number of nitrogens with one attached hydrogen (secondary N) is 3. The number of pyridine rings is 2. The first-order valence-electron chi connectivity index (χ1n) is 13.4. The predicted octanol–water partition coefficient (Wildman–Crippen LogP) is 3.52. The van der Waals surface area contributed by atoms with E-state index in [0.29, 0.717) is 29.2 Å². The molecule has 2 aromatic carbocycles. The van der Waals surface area contributed by atoms with Gasteiger partial charge in [-0.3, -0.25) is 24.9 Å². The van der Waals surface area contributed by atoms with E-state index in [-0.39, 0.29) is 18.9 Å². The molecule has 4 heterocycles. The van der Waals surface area contributed by atoms with Crippen LogP contribution in [0.4, 0.5) is 4.79 Å². The third kappa shape index (κ3) is 5.00. The van der Waals surface area contributed by atoms with Crippen molar-refractivity contribution >= 4 is 34.5 Å². The number of carbonyl (C=O) groups is 3. The van der Waals surface area contributed by atoms with Gasteiger partial charge < -0.3 is 20.2 Å². The Morgan fingerprint density at radius 2 is 1.83 bits per heavy atom.